The molecule has 0 saturated heterocycles. The van der Waals surface area contributed by atoms with Crippen LogP contribution in [0.25, 0.3) is 0 Å². The zero-order valence-corrected chi connectivity index (χ0v) is 12.9. The van der Waals surface area contributed by atoms with Crippen LogP contribution in [0.1, 0.15) is 11.1 Å². The van der Waals surface area contributed by atoms with Crippen LogP contribution in [0.15, 0.2) is 40.9 Å². The molecule has 0 aromatic heterocycles. The fourth-order valence-electron chi connectivity index (χ4n) is 1.62. The molecule has 0 heterocycles. The van der Waals surface area contributed by atoms with E-state index in [2.05, 4.69) is 15.9 Å². The second-order valence-electron chi connectivity index (χ2n) is 3.89. The van der Waals surface area contributed by atoms with Crippen molar-refractivity contribution in [1.82, 2.24) is 0 Å². The van der Waals surface area contributed by atoms with Crippen molar-refractivity contribution in [2.24, 2.45) is 0 Å². The lowest BCUT2D eigenvalue weighted by molar-refractivity contribution is 0.301. The highest BCUT2D eigenvalue weighted by Gasteiger charge is 2.09. The van der Waals surface area contributed by atoms with Gasteiger partial charge in [0.15, 0.2) is 0 Å². The van der Waals surface area contributed by atoms with E-state index in [-0.39, 0.29) is 12.4 Å². The molecule has 2 rings (SSSR count). The summed E-state index contributed by atoms with van der Waals surface area (Å²) in [6, 6.07) is 9.80. The summed E-state index contributed by atoms with van der Waals surface area (Å²) in [5, 5.41) is 0.473. The number of alkyl halides is 1. The summed E-state index contributed by atoms with van der Waals surface area (Å²) >= 11 is 15.3. The lowest BCUT2D eigenvalue weighted by Gasteiger charge is -2.12. The van der Waals surface area contributed by atoms with Crippen LogP contribution in [0.2, 0.25) is 5.02 Å². The molecule has 0 atom stereocenters. The highest BCUT2D eigenvalue weighted by Crippen LogP contribution is 2.31. The van der Waals surface area contributed by atoms with Gasteiger partial charge in [0, 0.05) is 16.1 Å². The second-order valence-corrected chi connectivity index (χ2v) is 5.41. The summed E-state index contributed by atoms with van der Waals surface area (Å²) < 4.78 is 19.7. The smallest absolute Gasteiger partial charge is 0.138 e. The predicted molar refractivity (Wildman–Crippen MR) is 79.4 cm³/mol. The molecule has 0 saturated carbocycles. The van der Waals surface area contributed by atoms with Crippen LogP contribution in [0.5, 0.6) is 5.75 Å². The molecule has 0 fully saturated rings. The minimum Gasteiger partial charge on any atom is -0.487 e. The van der Waals surface area contributed by atoms with E-state index in [1.807, 2.05) is 18.2 Å². The second kappa shape index (κ2) is 6.60. The molecule has 0 N–H and O–H groups in total. The van der Waals surface area contributed by atoms with Crippen molar-refractivity contribution in [2.75, 3.05) is 0 Å². The van der Waals surface area contributed by atoms with E-state index in [1.54, 1.807) is 0 Å². The van der Waals surface area contributed by atoms with Crippen LogP contribution in [-0.4, -0.2) is 0 Å². The van der Waals surface area contributed by atoms with Gasteiger partial charge in [-0.25, -0.2) is 4.39 Å². The van der Waals surface area contributed by atoms with Gasteiger partial charge in [-0.15, -0.1) is 11.6 Å². The predicted octanol–water partition coefficient (Wildman–Crippen LogP) is 5.56. The van der Waals surface area contributed by atoms with Gasteiger partial charge in [-0.3, -0.25) is 0 Å². The number of para-hydroxylation sites is 1. The van der Waals surface area contributed by atoms with Gasteiger partial charge >= 0.3 is 0 Å². The molecule has 1 nitrogen and oxygen atoms in total. The molecule has 0 aliphatic carbocycles. The number of benzene rings is 2. The standard InChI is InChI=1S/C14H10BrCl2FO/c15-12-3-1-2-9(7-16)14(12)19-8-10-6-11(18)4-5-13(10)17/h1-6H,7-8H2. The van der Waals surface area contributed by atoms with E-state index in [9.17, 15) is 4.39 Å². The molecule has 0 radical (unpaired) electrons. The minimum atomic E-state index is -0.340. The van der Waals surface area contributed by atoms with Crippen LogP contribution < -0.4 is 4.74 Å². The molecule has 0 amide bonds. The number of hydrogen-bond acceptors (Lipinski definition) is 1. The Morgan fingerprint density at radius 3 is 2.68 bits per heavy atom. The van der Waals surface area contributed by atoms with Crippen molar-refractivity contribution < 1.29 is 9.13 Å². The van der Waals surface area contributed by atoms with E-state index < -0.39 is 0 Å². The zero-order valence-electron chi connectivity index (χ0n) is 9.80. The Labute approximate surface area is 129 Å². The van der Waals surface area contributed by atoms with E-state index in [4.69, 9.17) is 27.9 Å². The van der Waals surface area contributed by atoms with Crippen LogP contribution in [0.3, 0.4) is 0 Å². The summed E-state index contributed by atoms with van der Waals surface area (Å²) in [4.78, 5) is 0. The molecule has 2 aromatic rings. The maximum Gasteiger partial charge on any atom is 0.138 e. The lowest BCUT2D eigenvalue weighted by atomic mass is 10.2. The van der Waals surface area contributed by atoms with Gasteiger partial charge in [-0.1, -0.05) is 23.7 Å². The summed E-state index contributed by atoms with van der Waals surface area (Å²) in [5.74, 6) is 0.650. The van der Waals surface area contributed by atoms with E-state index in [1.165, 1.54) is 18.2 Å². The Bertz CT molecular complexity index is 590. The van der Waals surface area contributed by atoms with Gasteiger partial charge in [-0.05, 0) is 40.2 Å². The Morgan fingerprint density at radius 2 is 1.95 bits per heavy atom. The molecule has 0 bridgehead atoms. The average molecular weight is 364 g/mol. The first-order chi connectivity index (χ1) is 9.11. The quantitative estimate of drug-likeness (QED) is 0.646. The third-order valence-corrected chi connectivity index (χ3v) is 3.85. The summed E-state index contributed by atoms with van der Waals surface area (Å²) in [5.41, 5.74) is 1.46. The van der Waals surface area contributed by atoms with Crippen LogP contribution in [-0.2, 0) is 12.5 Å². The zero-order chi connectivity index (χ0) is 13.8. The molecule has 0 unspecified atom stereocenters. The van der Waals surface area contributed by atoms with Crippen molar-refractivity contribution in [3.8, 4) is 5.75 Å². The topological polar surface area (TPSA) is 9.23 Å². The van der Waals surface area contributed by atoms with Crippen molar-refractivity contribution in [3.05, 3.63) is 62.8 Å². The summed E-state index contributed by atoms with van der Waals surface area (Å²) in [6.07, 6.45) is 0. The van der Waals surface area contributed by atoms with Crippen molar-refractivity contribution in [2.45, 2.75) is 12.5 Å². The van der Waals surface area contributed by atoms with Crippen LogP contribution >= 0.6 is 39.1 Å². The first kappa shape index (κ1) is 14.6. The van der Waals surface area contributed by atoms with Gasteiger partial charge in [0.1, 0.15) is 18.2 Å². The normalized spacial score (nSPS) is 10.5. The first-order valence-corrected chi connectivity index (χ1v) is 7.22. The number of hydrogen-bond donors (Lipinski definition) is 0. The van der Waals surface area contributed by atoms with Crippen LogP contribution in [0, 0.1) is 5.82 Å². The van der Waals surface area contributed by atoms with Crippen LogP contribution in [0.4, 0.5) is 4.39 Å². The van der Waals surface area contributed by atoms with Gasteiger partial charge in [0.25, 0.3) is 0 Å². The average Bonchev–Trinajstić information content (AvgIpc) is 2.40. The minimum absolute atomic E-state index is 0.184. The van der Waals surface area contributed by atoms with Crippen molar-refractivity contribution >= 4 is 39.1 Å². The Kier molecular flexibility index (Phi) is 5.08. The van der Waals surface area contributed by atoms with Gasteiger partial charge in [0.05, 0.1) is 10.4 Å². The third kappa shape index (κ3) is 3.62. The molecule has 5 heteroatoms. The summed E-state index contributed by atoms with van der Waals surface area (Å²) in [7, 11) is 0. The summed E-state index contributed by atoms with van der Waals surface area (Å²) in [6.45, 7) is 0.184. The largest absolute Gasteiger partial charge is 0.487 e. The highest BCUT2D eigenvalue weighted by molar-refractivity contribution is 9.10. The Hall–Kier alpha value is -0.770. The number of rotatable bonds is 4. The number of halogens is 4. The Morgan fingerprint density at radius 1 is 1.16 bits per heavy atom. The maximum absolute atomic E-state index is 13.2. The highest BCUT2D eigenvalue weighted by atomic mass is 79.9. The molecule has 100 valence electrons. The Balaban J connectivity index is 2.21. The van der Waals surface area contributed by atoms with E-state index >= 15 is 0 Å². The molecule has 0 aliphatic rings. The number of ether oxygens (including phenoxy) is 1. The molecular formula is C14H10BrCl2FO. The molecular weight excluding hydrogens is 354 g/mol. The van der Waals surface area contributed by atoms with E-state index in [0.29, 0.717) is 22.2 Å². The SMILES string of the molecule is Fc1ccc(Cl)c(COc2c(Br)cccc2CCl)c1. The van der Waals surface area contributed by atoms with Gasteiger partial charge < -0.3 is 4.74 Å². The fourth-order valence-corrected chi connectivity index (χ4v) is 2.53. The lowest BCUT2D eigenvalue weighted by Crippen LogP contribution is -2.00. The molecule has 2 aromatic carbocycles. The monoisotopic (exact) mass is 362 g/mol. The fraction of sp³-hybridized carbons (Fsp3) is 0.143. The van der Waals surface area contributed by atoms with E-state index in [0.717, 1.165) is 10.0 Å². The van der Waals surface area contributed by atoms with Crippen molar-refractivity contribution in [1.29, 1.82) is 0 Å². The molecule has 0 aliphatic heterocycles. The maximum atomic E-state index is 13.2. The van der Waals surface area contributed by atoms with Gasteiger partial charge in [0.2, 0.25) is 0 Å². The van der Waals surface area contributed by atoms with Crippen molar-refractivity contribution in [3.63, 3.8) is 0 Å². The van der Waals surface area contributed by atoms with Gasteiger partial charge in [-0.2, -0.15) is 0 Å². The first-order valence-electron chi connectivity index (χ1n) is 5.52. The molecule has 19 heavy (non-hydrogen) atoms. The molecule has 0 spiro atoms. The third-order valence-electron chi connectivity index (χ3n) is 2.57.